The van der Waals surface area contributed by atoms with E-state index in [0.29, 0.717) is 11.6 Å². The Hall–Kier alpha value is -1.82. The Balaban J connectivity index is 1.89. The highest BCUT2D eigenvalue weighted by molar-refractivity contribution is 8.14. The summed E-state index contributed by atoms with van der Waals surface area (Å²) in [5.74, 6) is 0.575. The molecule has 0 aromatic heterocycles. The van der Waals surface area contributed by atoms with Crippen molar-refractivity contribution in [2.24, 2.45) is 4.99 Å². The van der Waals surface area contributed by atoms with E-state index in [0.717, 1.165) is 24.3 Å². The smallest absolute Gasteiger partial charge is 0.248 e. The summed E-state index contributed by atoms with van der Waals surface area (Å²) >= 11 is 1.53. The van der Waals surface area contributed by atoms with E-state index in [9.17, 15) is 9.59 Å². The highest BCUT2D eigenvalue weighted by atomic mass is 32.2. The van der Waals surface area contributed by atoms with E-state index < -0.39 is 6.04 Å². The summed E-state index contributed by atoms with van der Waals surface area (Å²) in [4.78, 5) is 28.6. The van der Waals surface area contributed by atoms with Gasteiger partial charge in [-0.15, -0.1) is 0 Å². The summed E-state index contributed by atoms with van der Waals surface area (Å²) in [6, 6.07) is 9.00. The van der Waals surface area contributed by atoms with Crippen molar-refractivity contribution in [3.8, 4) is 0 Å². The van der Waals surface area contributed by atoms with Crippen LogP contribution in [0.3, 0.4) is 0 Å². The lowest BCUT2D eigenvalue weighted by molar-refractivity contribution is -0.128. The molecule has 1 aromatic carbocycles. The highest BCUT2D eigenvalue weighted by Gasteiger charge is 2.22. The van der Waals surface area contributed by atoms with Crippen molar-refractivity contribution in [1.29, 1.82) is 0 Å². The number of carbonyl (C=O) groups is 2. The molecular formula is C16H21N3O2S. The second-order valence-corrected chi connectivity index (χ2v) is 6.18. The van der Waals surface area contributed by atoms with Gasteiger partial charge in [0.1, 0.15) is 6.04 Å². The number of amides is 2. The van der Waals surface area contributed by atoms with E-state index in [1.165, 1.54) is 11.8 Å². The molecule has 0 saturated carbocycles. The molecule has 0 spiro atoms. The van der Waals surface area contributed by atoms with Crippen LogP contribution in [0.4, 0.5) is 0 Å². The minimum absolute atomic E-state index is 0.138. The Kier molecular flexibility index (Phi) is 6.45. The Bertz CT molecular complexity index is 546. The number of hydrogen-bond donors (Lipinski definition) is 2. The van der Waals surface area contributed by atoms with Gasteiger partial charge in [-0.05, 0) is 12.0 Å². The molecule has 0 bridgehead atoms. The third-order valence-corrected chi connectivity index (χ3v) is 4.14. The van der Waals surface area contributed by atoms with Crippen LogP contribution in [-0.2, 0) is 16.0 Å². The molecule has 1 atom stereocenters. The van der Waals surface area contributed by atoms with Crippen molar-refractivity contribution in [2.45, 2.75) is 32.2 Å². The Labute approximate surface area is 135 Å². The van der Waals surface area contributed by atoms with E-state index in [4.69, 9.17) is 0 Å². The maximum Gasteiger partial charge on any atom is 0.248 e. The molecule has 1 unspecified atom stereocenters. The second-order valence-electron chi connectivity index (χ2n) is 5.10. The Morgan fingerprint density at radius 1 is 1.32 bits per heavy atom. The van der Waals surface area contributed by atoms with Crippen molar-refractivity contribution in [2.75, 3.05) is 12.3 Å². The first-order valence-electron chi connectivity index (χ1n) is 7.50. The van der Waals surface area contributed by atoms with Gasteiger partial charge in [0, 0.05) is 5.75 Å². The molecule has 1 heterocycles. The van der Waals surface area contributed by atoms with Gasteiger partial charge in [-0.3, -0.25) is 14.6 Å². The maximum atomic E-state index is 12.3. The van der Waals surface area contributed by atoms with E-state index in [2.05, 4.69) is 15.6 Å². The van der Waals surface area contributed by atoms with Crippen LogP contribution >= 0.6 is 11.8 Å². The van der Waals surface area contributed by atoms with E-state index in [1.54, 1.807) is 0 Å². The standard InChI is InChI=1S/C16H21N3O2S/c1-2-6-13(15(21)19-16-17-9-10-22-16)18-14(20)11-12-7-4-3-5-8-12/h3-5,7-8,13H,2,6,9-11H2,1H3,(H,18,20)(H,17,19,21). The number of carbonyl (C=O) groups excluding carboxylic acids is 2. The molecule has 0 aliphatic carbocycles. The van der Waals surface area contributed by atoms with Gasteiger partial charge in [0.05, 0.1) is 13.0 Å². The minimum Gasteiger partial charge on any atom is -0.344 e. The molecule has 1 aliphatic rings. The highest BCUT2D eigenvalue weighted by Crippen LogP contribution is 2.10. The molecule has 2 N–H and O–H groups in total. The van der Waals surface area contributed by atoms with Crippen LogP contribution in [-0.4, -0.2) is 35.3 Å². The Morgan fingerprint density at radius 2 is 2.09 bits per heavy atom. The quantitative estimate of drug-likeness (QED) is 0.839. The number of aliphatic imine (C=N–C) groups is 1. The molecule has 2 amide bonds. The number of benzene rings is 1. The van der Waals surface area contributed by atoms with Gasteiger partial charge in [-0.1, -0.05) is 55.4 Å². The van der Waals surface area contributed by atoms with Gasteiger partial charge < -0.3 is 10.6 Å². The number of hydrogen-bond acceptors (Lipinski definition) is 4. The first-order chi connectivity index (χ1) is 10.7. The molecule has 22 heavy (non-hydrogen) atoms. The van der Waals surface area contributed by atoms with Crippen molar-refractivity contribution >= 4 is 28.7 Å². The molecule has 0 fully saturated rings. The van der Waals surface area contributed by atoms with Crippen LogP contribution in [0.25, 0.3) is 0 Å². The number of rotatable bonds is 6. The fourth-order valence-electron chi connectivity index (χ4n) is 2.19. The third-order valence-electron chi connectivity index (χ3n) is 3.25. The van der Waals surface area contributed by atoms with Gasteiger partial charge in [-0.2, -0.15) is 0 Å². The molecule has 6 heteroatoms. The summed E-state index contributed by atoms with van der Waals surface area (Å²) < 4.78 is 0. The average Bonchev–Trinajstić information content (AvgIpc) is 3.00. The maximum absolute atomic E-state index is 12.3. The molecule has 0 saturated heterocycles. The van der Waals surface area contributed by atoms with Gasteiger partial charge >= 0.3 is 0 Å². The van der Waals surface area contributed by atoms with Crippen LogP contribution in [0.1, 0.15) is 25.3 Å². The monoisotopic (exact) mass is 319 g/mol. The third kappa shape index (κ3) is 5.18. The Morgan fingerprint density at radius 3 is 2.73 bits per heavy atom. The predicted octanol–water partition coefficient (Wildman–Crippen LogP) is 1.73. The van der Waals surface area contributed by atoms with Crippen LogP contribution in [0.5, 0.6) is 0 Å². The molecule has 2 rings (SSSR count). The van der Waals surface area contributed by atoms with Crippen molar-refractivity contribution in [1.82, 2.24) is 10.6 Å². The van der Waals surface area contributed by atoms with Gasteiger partial charge in [0.25, 0.3) is 0 Å². The van der Waals surface area contributed by atoms with Crippen LogP contribution in [0.2, 0.25) is 0 Å². The molecule has 1 aromatic rings. The summed E-state index contributed by atoms with van der Waals surface area (Å²) in [5, 5.41) is 6.27. The lowest BCUT2D eigenvalue weighted by atomic mass is 10.1. The van der Waals surface area contributed by atoms with Crippen molar-refractivity contribution in [3.63, 3.8) is 0 Å². The van der Waals surface area contributed by atoms with E-state index >= 15 is 0 Å². The zero-order valence-corrected chi connectivity index (χ0v) is 13.5. The van der Waals surface area contributed by atoms with Gasteiger partial charge in [0.15, 0.2) is 5.17 Å². The summed E-state index contributed by atoms with van der Waals surface area (Å²) in [5.41, 5.74) is 0.936. The summed E-state index contributed by atoms with van der Waals surface area (Å²) in [6.45, 7) is 2.73. The average molecular weight is 319 g/mol. The number of nitrogens with one attached hydrogen (secondary N) is 2. The molecular weight excluding hydrogens is 298 g/mol. The summed E-state index contributed by atoms with van der Waals surface area (Å²) in [6.07, 6.45) is 1.72. The van der Waals surface area contributed by atoms with Crippen LogP contribution in [0.15, 0.2) is 35.3 Å². The van der Waals surface area contributed by atoms with Crippen LogP contribution in [0, 0.1) is 0 Å². The molecule has 1 aliphatic heterocycles. The largest absolute Gasteiger partial charge is 0.344 e. The molecule has 5 nitrogen and oxygen atoms in total. The van der Waals surface area contributed by atoms with E-state index in [1.807, 2.05) is 37.3 Å². The van der Waals surface area contributed by atoms with Crippen molar-refractivity contribution in [3.05, 3.63) is 35.9 Å². The lowest BCUT2D eigenvalue weighted by Gasteiger charge is -2.17. The minimum atomic E-state index is -0.509. The van der Waals surface area contributed by atoms with Crippen molar-refractivity contribution < 1.29 is 9.59 Å². The van der Waals surface area contributed by atoms with Gasteiger partial charge in [-0.25, -0.2) is 0 Å². The second kappa shape index (κ2) is 8.58. The zero-order valence-electron chi connectivity index (χ0n) is 12.7. The predicted molar refractivity (Wildman–Crippen MR) is 89.9 cm³/mol. The SMILES string of the molecule is CCCC(NC(=O)Cc1ccccc1)C(=O)NC1=NCCS1. The number of nitrogens with zero attached hydrogens (tertiary/aromatic N) is 1. The van der Waals surface area contributed by atoms with Gasteiger partial charge in [0.2, 0.25) is 11.8 Å². The first kappa shape index (κ1) is 16.5. The molecule has 118 valence electrons. The molecule has 0 radical (unpaired) electrons. The fourth-order valence-corrected chi connectivity index (χ4v) is 2.92. The summed E-state index contributed by atoms with van der Waals surface area (Å²) in [7, 11) is 0. The fraction of sp³-hybridized carbons (Fsp3) is 0.438. The number of thioether (sulfide) groups is 1. The van der Waals surface area contributed by atoms with Crippen LogP contribution < -0.4 is 10.6 Å². The lowest BCUT2D eigenvalue weighted by Crippen LogP contribution is -2.48. The normalized spacial score (nSPS) is 15.0. The topological polar surface area (TPSA) is 70.6 Å². The zero-order chi connectivity index (χ0) is 15.8. The van der Waals surface area contributed by atoms with E-state index in [-0.39, 0.29) is 18.2 Å². The first-order valence-corrected chi connectivity index (χ1v) is 8.49. The number of amidine groups is 1.